The molecule has 0 spiro atoms. The molecule has 0 saturated carbocycles. The van der Waals surface area contributed by atoms with Crippen LogP contribution in [0.5, 0.6) is 5.75 Å². The number of methoxy groups -OCH3 is 1. The van der Waals surface area contributed by atoms with E-state index in [1.54, 1.807) is 7.11 Å². The van der Waals surface area contributed by atoms with E-state index < -0.39 is 0 Å². The lowest BCUT2D eigenvalue weighted by Crippen LogP contribution is -2.53. The van der Waals surface area contributed by atoms with Crippen LogP contribution in [0.25, 0.3) is 0 Å². The molecule has 20 heavy (non-hydrogen) atoms. The first kappa shape index (κ1) is 15.3. The molecule has 0 amide bonds. The largest absolute Gasteiger partial charge is 0.496 e. The Balaban J connectivity index is 1.99. The summed E-state index contributed by atoms with van der Waals surface area (Å²) in [5.74, 6) is 0.902. The summed E-state index contributed by atoms with van der Waals surface area (Å²) in [6.07, 6.45) is 0.872. The number of morpholine rings is 1. The molecule has 2 N–H and O–H groups in total. The molecule has 2 unspecified atom stereocenters. The van der Waals surface area contributed by atoms with Crippen LogP contribution in [0.3, 0.4) is 0 Å². The number of hydrogen-bond donors (Lipinski definition) is 1. The number of benzene rings is 1. The Morgan fingerprint density at radius 2 is 2.15 bits per heavy atom. The Kier molecular flexibility index (Phi) is 5.40. The van der Waals surface area contributed by atoms with E-state index in [1.165, 1.54) is 0 Å². The van der Waals surface area contributed by atoms with Crippen LogP contribution in [-0.4, -0.2) is 49.9 Å². The minimum absolute atomic E-state index is 0.00662. The molecular weight excluding hydrogens is 252 g/mol. The summed E-state index contributed by atoms with van der Waals surface area (Å²) in [5.41, 5.74) is 7.51. The Hall–Kier alpha value is -1.10. The van der Waals surface area contributed by atoms with Crippen molar-refractivity contribution < 1.29 is 9.47 Å². The highest BCUT2D eigenvalue weighted by Crippen LogP contribution is 2.21. The van der Waals surface area contributed by atoms with Gasteiger partial charge in [-0.2, -0.15) is 0 Å². The summed E-state index contributed by atoms with van der Waals surface area (Å²) in [5, 5.41) is 0. The Labute approximate surface area is 121 Å². The van der Waals surface area contributed by atoms with E-state index in [0.717, 1.165) is 37.4 Å². The third-order valence-electron chi connectivity index (χ3n) is 3.98. The zero-order valence-electron chi connectivity index (χ0n) is 12.7. The maximum absolute atomic E-state index is 6.36. The molecule has 1 heterocycles. The van der Waals surface area contributed by atoms with Crippen molar-refractivity contribution in [1.29, 1.82) is 0 Å². The molecule has 2 rings (SSSR count). The molecule has 1 fully saturated rings. The van der Waals surface area contributed by atoms with Crippen LogP contribution in [0.1, 0.15) is 19.4 Å². The van der Waals surface area contributed by atoms with Gasteiger partial charge in [0.25, 0.3) is 0 Å². The van der Waals surface area contributed by atoms with Crippen molar-refractivity contribution >= 4 is 0 Å². The number of para-hydroxylation sites is 1. The molecule has 0 aromatic heterocycles. The summed E-state index contributed by atoms with van der Waals surface area (Å²) in [6, 6.07) is 8.58. The van der Waals surface area contributed by atoms with Crippen molar-refractivity contribution in [3.8, 4) is 5.75 Å². The Bertz CT molecular complexity index is 423. The van der Waals surface area contributed by atoms with E-state index in [-0.39, 0.29) is 12.1 Å². The lowest BCUT2D eigenvalue weighted by molar-refractivity contribution is -0.0495. The van der Waals surface area contributed by atoms with Gasteiger partial charge in [0.2, 0.25) is 0 Å². The lowest BCUT2D eigenvalue weighted by atomic mass is 9.99. The van der Waals surface area contributed by atoms with Gasteiger partial charge in [-0.3, -0.25) is 4.90 Å². The highest BCUT2D eigenvalue weighted by atomic mass is 16.5. The van der Waals surface area contributed by atoms with Gasteiger partial charge in [0.05, 0.1) is 19.8 Å². The van der Waals surface area contributed by atoms with Crippen LogP contribution >= 0.6 is 0 Å². The molecule has 1 aromatic carbocycles. The van der Waals surface area contributed by atoms with E-state index in [1.807, 2.05) is 18.2 Å². The van der Waals surface area contributed by atoms with Crippen LogP contribution in [0.2, 0.25) is 0 Å². The minimum Gasteiger partial charge on any atom is -0.496 e. The zero-order valence-corrected chi connectivity index (χ0v) is 12.7. The Morgan fingerprint density at radius 3 is 2.85 bits per heavy atom. The van der Waals surface area contributed by atoms with Crippen LogP contribution in [0.15, 0.2) is 24.3 Å². The van der Waals surface area contributed by atoms with E-state index >= 15 is 0 Å². The average molecular weight is 278 g/mol. The van der Waals surface area contributed by atoms with Crippen molar-refractivity contribution in [2.24, 2.45) is 5.73 Å². The minimum atomic E-state index is -0.00662. The van der Waals surface area contributed by atoms with Crippen molar-refractivity contribution in [2.45, 2.75) is 38.5 Å². The molecular formula is C16H26N2O2. The van der Waals surface area contributed by atoms with Gasteiger partial charge < -0.3 is 15.2 Å². The molecule has 1 aliphatic rings. The van der Waals surface area contributed by atoms with Gasteiger partial charge >= 0.3 is 0 Å². The van der Waals surface area contributed by atoms with Gasteiger partial charge in [-0.25, -0.2) is 0 Å². The molecule has 4 nitrogen and oxygen atoms in total. The first-order chi connectivity index (χ1) is 9.61. The fraction of sp³-hybridized carbons (Fsp3) is 0.625. The SMILES string of the molecule is COc1ccccc1CC(N)C1CN(C(C)C)CCO1. The van der Waals surface area contributed by atoms with Gasteiger partial charge in [0, 0.05) is 25.2 Å². The lowest BCUT2D eigenvalue weighted by Gasteiger charge is -2.38. The maximum atomic E-state index is 6.36. The standard InChI is InChI=1S/C16H26N2O2/c1-12(2)18-8-9-20-16(11-18)14(17)10-13-6-4-5-7-15(13)19-3/h4-7,12,14,16H,8-11,17H2,1-3H3. The van der Waals surface area contributed by atoms with Gasteiger partial charge in [-0.1, -0.05) is 18.2 Å². The number of rotatable bonds is 5. The topological polar surface area (TPSA) is 47.7 Å². The second-order valence-electron chi connectivity index (χ2n) is 5.68. The molecule has 2 atom stereocenters. The van der Waals surface area contributed by atoms with Crippen LogP contribution < -0.4 is 10.5 Å². The Morgan fingerprint density at radius 1 is 1.40 bits per heavy atom. The fourth-order valence-corrected chi connectivity index (χ4v) is 2.68. The van der Waals surface area contributed by atoms with E-state index in [2.05, 4.69) is 24.8 Å². The van der Waals surface area contributed by atoms with Crippen molar-refractivity contribution in [1.82, 2.24) is 4.90 Å². The normalized spacial score (nSPS) is 21.9. The van der Waals surface area contributed by atoms with E-state index in [0.29, 0.717) is 6.04 Å². The highest BCUT2D eigenvalue weighted by molar-refractivity contribution is 5.34. The van der Waals surface area contributed by atoms with Gasteiger partial charge in [-0.05, 0) is 31.9 Å². The monoisotopic (exact) mass is 278 g/mol. The van der Waals surface area contributed by atoms with Crippen LogP contribution in [0, 0.1) is 0 Å². The smallest absolute Gasteiger partial charge is 0.122 e. The molecule has 1 aliphatic heterocycles. The van der Waals surface area contributed by atoms with Gasteiger partial charge in [-0.15, -0.1) is 0 Å². The summed E-state index contributed by atoms with van der Waals surface area (Å²) in [4.78, 5) is 2.43. The zero-order chi connectivity index (χ0) is 14.5. The number of nitrogens with zero attached hydrogens (tertiary/aromatic N) is 1. The second kappa shape index (κ2) is 7.07. The number of nitrogens with two attached hydrogens (primary N) is 1. The van der Waals surface area contributed by atoms with Gasteiger partial charge in [0.1, 0.15) is 5.75 Å². The van der Waals surface area contributed by atoms with E-state index in [9.17, 15) is 0 Å². The van der Waals surface area contributed by atoms with E-state index in [4.69, 9.17) is 15.2 Å². The molecule has 0 aliphatic carbocycles. The first-order valence-corrected chi connectivity index (χ1v) is 7.35. The van der Waals surface area contributed by atoms with Crippen molar-refractivity contribution in [2.75, 3.05) is 26.8 Å². The van der Waals surface area contributed by atoms with Crippen molar-refractivity contribution in [3.63, 3.8) is 0 Å². The summed E-state index contributed by atoms with van der Waals surface area (Å²) < 4.78 is 11.2. The summed E-state index contributed by atoms with van der Waals surface area (Å²) in [7, 11) is 1.70. The fourth-order valence-electron chi connectivity index (χ4n) is 2.68. The van der Waals surface area contributed by atoms with Gasteiger partial charge in [0.15, 0.2) is 0 Å². The third-order valence-corrected chi connectivity index (χ3v) is 3.98. The molecule has 1 saturated heterocycles. The number of ether oxygens (including phenoxy) is 2. The summed E-state index contributed by atoms with van der Waals surface area (Å²) >= 11 is 0. The average Bonchev–Trinajstić information content (AvgIpc) is 2.48. The maximum Gasteiger partial charge on any atom is 0.122 e. The predicted molar refractivity (Wildman–Crippen MR) is 81.1 cm³/mol. The molecule has 112 valence electrons. The highest BCUT2D eigenvalue weighted by Gasteiger charge is 2.27. The predicted octanol–water partition coefficient (Wildman–Crippen LogP) is 1.67. The second-order valence-corrected chi connectivity index (χ2v) is 5.68. The number of hydrogen-bond acceptors (Lipinski definition) is 4. The summed E-state index contributed by atoms with van der Waals surface area (Å²) in [6.45, 7) is 7.11. The molecule has 4 heteroatoms. The first-order valence-electron chi connectivity index (χ1n) is 7.35. The van der Waals surface area contributed by atoms with Crippen molar-refractivity contribution in [3.05, 3.63) is 29.8 Å². The molecule has 0 radical (unpaired) electrons. The quantitative estimate of drug-likeness (QED) is 0.890. The molecule has 0 bridgehead atoms. The molecule has 1 aromatic rings. The third kappa shape index (κ3) is 3.72. The van der Waals surface area contributed by atoms with Crippen LogP contribution in [-0.2, 0) is 11.2 Å². The van der Waals surface area contributed by atoms with Crippen LogP contribution in [0.4, 0.5) is 0 Å².